The standard InChI is InChI=1S/C19H15N3O4/c1-13-4-2-5-14(12-13)18(23)21-15-7-9-16(10-8-15)26-19-17(22(24)25)6-3-11-20-19/h2-12H,1H3,(H,21,23). The van der Waals surface area contributed by atoms with Crippen LogP contribution in [0, 0.1) is 17.0 Å². The maximum absolute atomic E-state index is 12.2. The summed E-state index contributed by atoms with van der Waals surface area (Å²) in [5.41, 5.74) is 1.93. The zero-order valence-electron chi connectivity index (χ0n) is 13.9. The number of nitrogens with zero attached hydrogens (tertiary/aromatic N) is 2. The van der Waals surface area contributed by atoms with Crippen molar-refractivity contribution in [3.63, 3.8) is 0 Å². The van der Waals surface area contributed by atoms with Gasteiger partial charge in [-0.25, -0.2) is 4.98 Å². The fourth-order valence-corrected chi connectivity index (χ4v) is 2.31. The van der Waals surface area contributed by atoms with Crippen molar-refractivity contribution in [1.82, 2.24) is 4.98 Å². The summed E-state index contributed by atoms with van der Waals surface area (Å²) in [4.78, 5) is 26.5. The molecular weight excluding hydrogens is 334 g/mol. The number of aromatic nitrogens is 1. The Hall–Kier alpha value is -3.74. The van der Waals surface area contributed by atoms with Gasteiger partial charge < -0.3 is 10.1 Å². The number of nitro groups is 1. The molecule has 0 saturated carbocycles. The van der Waals surface area contributed by atoms with Gasteiger partial charge in [0.2, 0.25) is 0 Å². The molecule has 26 heavy (non-hydrogen) atoms. The number of hydrogen-bond acceptors (Lipinski definition) is 5. The number of carbonyl (C=O) groups is 1. The van der Waals surface area contributed by atoms with E-state index in [1.54, 1.807) is 36.4 Å². The third-order valence-corrected chi connectivity index (χ3v) is 3.55. The number of carbonyl (C=O) groups excluding carboxylic acids is 1. The molecule has 0 spiro atoms. The van der Waals surface area contributed by atoms with Crippen molar-refractivity contribution in [2.24, 2.45) is 0 Å². The lowest BCUT2D eigenvalue weighted by molar-refractivity contribution is -0.386. The maximum atomic E-state index is 12.2. The molecule has 3 rings (SSSR count). The number of benzene rings is 2. The van der Waals surface area contributed by atoms with Gasteiger partial charge in [-0.2, -0.15) is 0 Å². The van der Waals surface area contributed by atoms with Crippen LogP contribution in [0.4, 0.5) is 11.4 Å². The molecule has 0 aliphatic rings. The first-order chi connectivity index (χ1) is 12.5. The maximum Gasteiger partial charge on any atom is 0.331 e. The molecule has 2 aromatic carbocycles. The van der Waals surface area contributed by atoms with Crippen molar-refractivity contribution in [2.45, 2.75) is 6.92 Å². The number of aryl methyl sites for hydroxylation is 1. The summed E-state index contributed by atoms with van der Waals surface area (Å²) in [5.74, 6) is 0.0668. The summed E-state index contributed by atoms with van der Waals surface area (Å²) in [5, 5.41) is 13.8. The van der Waals surface area contributed by atoms with Crippen LogP contribution in [0.1, 0.15) is 15.9 Å². The second-order valence-electron chi connectivity index (χ2n) is 5.53. The Morgan fingerprint density at radius 3 is 2.58 bits per heavy atom. The summed E-state index contributed by atoms with van der Waals surface area (Å²) < 4.78 is 5.47. The first kappa shape index (κ1) is 17.1. The van der Waals surface area contributed by atoms with E-state index in [2.05, 4.69) is 10.3 Å². The second kappa shape index (κ2) is 7.43. The number of rotatable bonds is 5. The summed E-state index contributed by atoms with van der Waals surface area (Å²) in [6.07, 6.45) is 1.42. The van der Waals surface area contributed by atoms with Crippen LogP contribution in [-0.4, -0.2) is 15.8 Å². The highest BCUT2D eigenvalue weighted by molar-refractivity contribution is 6.04. The van der Waals surface area contributed by atoms with Crippen LogP contribution in [0.15, 0.2) is 66.9 Å². The van der Waals surface area contributed by atoms with Gasteiger partial charge in [0.1, 0.15) is 5.75 Å². The first-order valence-electron chi connectivity index (χ1n) is 7.78. The highest BCUT2D eigenvalue weighted by atomic mass is 16.6. The van der Waals surface area contributed by atoms with Crippen LogP contribution in [-0.2, 0) is 0 Å². The van der Waals surface area contributed by atoms with E-state index in [0.717, 1.165) is 5.56 Å². The smallest absolute Gasteiger partial charge is 0.331 e. The van der Waals surface area contributed by atoms with E-state index in [-0.39, 0.29) is 17.5 Å². The Labute approximate surface area is 149 Å². The number of nitrogens with one attached hydrogen (secondary N) is 1. The minimum Gasteiger partial charge on any atom is -0.434 e. The van der Waals surface area contributed by atoms with Crippen LogP contribution >= 0.6 is 0 Å². The van der Waals surface area contributed by atoms with E-state index in [0.29, 0.717) is 17.0 Å². The fourth-order valence-electron chi connectivity index (χ4n) is 2.31. The Balaban J connectivity index is 1.71. The van der Waals surface area contributed by atoms with Crippen LogP contribution in [0.2, 0.25) is 0 Å². The topological polar surface area (TPSA) is 94.4 Å². The van der Waals surface area contributed by atoms with Crippen LogP contribution in [0.5, 0.6) is 11.6 Å². The molecule has 7 nitrogen and oxygen atoms in total. The average Bonchev–Trinajstić information content (AvgIpc) is 2.63. The van der Waals surface area contributed by atoms with Gasteiger partial charge >= 0.3 is 5.69 Å². The molecule has 0 bridgehead atoms. The minimum atomic E-state index is -0.557. The molecule has 1 heterocycles. The van der Waals surface area contributed by atoms with Crippen molar-refractivity contribution in [3.8, 4) is 11.6 Å². The minimum absolute atomic E-state index is 0.0888. The number of pyridine rings is 1. The van der Waals surface area contributed by atoms with Crippen molar-refractivity contribution in [1.29, 1.82) is 0 Å². The van der Waals surface area contributed by atoms with Crippen LogP contribution < -0.4 is 10.1 Å². The fraction of sp³-hybridized carbons (Fsp3) is 0.0526. The molecule has 1 aromatic heterocycles. The molecule has 0 fully saturated rings. The van der Waals surface area contributed by atoms with E-state index in [9.17, 15) is 14.9 Å². The molecule has 3 aromatic rings. The predicted octanol–water partition coefficient (Wildman–Crippen LogP) is 4.34. The number of ether oxygens (including phenoxy) is 1. The normalized spacial score (nSPS) is 10.2. The first-order valence-corrected chi connectivity index (χ1v) is 7.78. The molecule has 7 heteroatoms. The van der Waals surface area contributed by atoms with Gasteiger partial charge in [0.15, 0.2) is 0 Å². The van der Waals surface area contributed by atoms with Crippen LogP contribution in [0.25, 0.3) is 0 Å². The SMILES string of the molecule is Cc1cccc(C(=O)Nc2ccc(Oc3ncccc3[N+](=O)[O-])cc2)c1. The van der Waals surface area contributed by atoms with E-state index >= 15 is 0 Å². The van der Waals surface area contributed by atoms with Crippen LogP contribution in [0.3, 0.4) is 0 Å². The molecular formula is C19H15N3O4. The average molecular weight is 349 g/mol. The van der Waals surface area contributed by atoms with E-state index in [1.807, 2.05) is 19.1 Å². The Kier molecular flexibility index (Phi) is 4.89. The lowest BCUT2D eigenvalue weighted by Crippen LogP contribution is -2.11. The van der Waals surface area contributed by atoms with Gasteiger partial charge in [0.25, 0.3) is 11.8 Å². The monoisotopic (exact) mass is 349 g/mol. The van der Waals surface area contributed by atoms with Crippen molar-refractivity contribution >= 4 is 17.3 Å². The Morgan fingerprint density at radius 2 is 1.88 bits per heavy atom. The van der Waals surface area contributed by atoms with E-state index in [4.69, 9.17) is 4.74 Å². The number of hydrogen-bond donors (Lipinski definition) is 1. The number of anilines is 1. The van der Waals surface area contributed by atoms with Crippen molar-refractivity contribution in [3.05, 3.63) is 88.1 Å². The summed E-state index contributed by atoms with van der Waals surface area (Å²) in [6, 6.07) is 16.6. The van der Waals surface area contributed by atoms with E-state index < -0.39 is 4.92 Å². The van der Waals surface area contributed by atoms with Gasteiger partial charge in [-0.1, -0.05) is 17.7 Å². The lowest BCUT2D eigenvalue weighted by Gasteiger charge is -2.08. The molecule has 0 aliphatic carbocycles. The van der Waals surface area contributed by atoms with Crippen molar-refractivity contribution in [2.75, 3.05) is 5.32 Å². The predicted molar refractivity (Wildman–Crippen MR) is 96.5 cm³/mol. The Morgan fingerprint density at radius 1 is 1.12 bits per heavy atom. The largest absolute Gasteiger partial charge is 0.434 e. The second-order valence-corrected chi connectivity index (χ2v) is 5.53. The zero-order valence-corrected chi connectivity index (χ0v) is 13.9. The molecule has 1 amide bonds. The summed E-state index contributed by atoms with van der Waals surface area (Å²) in [7, 11) is 0. The summed E-state index contributed by atoms with van der Waals surface area (Å²) >= 11 is 0. The quantitative estimate of drug-likeness (QED) is 0.546. The third-order valence-electron chi connectivity index (χ3n) is 3.55. The summed E-state index contributed by atoms with van der Waals surface area (Å²) in [6.45, 7) is 1.92. The van der Waals surface area contributed by atoms with Gasteiger partial charge in [-0.15, -0.1) is 0 Å². The third kappa shape index (κ3) is 4.02. The van der Waals surface area contributed by atoms with E-state index in [1.165, 1.54) is 18.3 Å². The molecule has 0 aliphatic heterocycles. The molecule has 0 unspecified atom stereocenters. The van der Waals surface area contributed by atoms with Crippen molar-refractivity contribution < 1.29 is 14.5 Å². The van der Waals surface area contributed by atoms with Gasteiger partial charge in [-0.05, 0) is 49.4 Å². The highest BCUT2D eigenvalue weighted by Crippen LogP contribution is 2.29. The van der Waals surface area contributed by atoms with Gasteiger partial charge in [-0.3, -0.25) is 14.9 Å². The molecule has 130 valence electrons. The zero-order chi connectivity index (χ0) is 18.5. The lowest BCUT2D eigenvalue weighted by atomic mass is 10.1. The highest BCUT2D eigenvalue weighted by Gasteiger charge is 2.16. The molecule has 0 radical (unpaired) electrons. The Bertz CT molecular complexity index is 955. The van der Waals surface area contributed by atoms with Gasteiger partial charge in [0.05, 0.1) is 4.92 Å². The molecule has 0 saturated heterocycles. The number of amides is 1. The molecule has 0 atom stereocenters. The molecule has 1 N–H and O–H groups in total. The van der Waals surface area contributed by atoms with Gasteiger partial charge in [0, 0.05) is 23.5 Å².